The van der Waals surface area contributed by atoms with E-state index in [-0.39, 0.29) is 27.9 Å². The minimum absolute atomic E-state index is 0.0405. The molecule has 1 saturated heterocycles. The Bertz CT molecular complexity index is 1060. The Morgan fingerprint density at radius 2 is 1.78 bits per heavy atom. The van der Waals surface area contributed by atoms with Crippen molar-refractivity contribution >= 4 is 33.4 Å². The number of unbranched alkanes of at least 4 members (excludes halogenated alkanes) is 1. The van der Waals surface area contributed by atoms with Crippen molar-refractivity contribution in [1.29, 1.82) is 0 Å². The van der Waals surface area contributed by atoms with Crippen LogP contribution in [0.4, 0.5) is 16.2 Å². The molecule has 0 atom stereocenters. The van der Waals surface area contributed by atoms with E-state index in [9.17, 15) is 23.1 Å². The van der Waals surface area contributed by atoms with Crippen molar-refractivity contribution < 1.29 is 27.9 Å². The maximum absolute atomic E-state index is 12.8. The highest BCUT2D eigenvalue weighted by atomic mass is 32.2. The summed E-state index contributed by atoms with van der Waals surface area (Å²) in [4.78, 5) is 25.7. The van der Waals surface area contributed by atoms with Crippen LogP contribution in [0.5, 0.6) is 0 Å². The number of morpholine rings is 1. The van der Waals surface area contributed by atoms with E-state index in [1.54, 1.807) is 17.0 Å². The summed E-state index contributed by atoms with van der Waals surface area (Å²) in [5.74, 6) is -1.32. The molecule has 0 bridgehead atoms. The summed E-state index contributed by atoms with van der Waals surface area (Å²) in [5, 5.41) is 12.2. The highest BCUT2D eigenvalue weighted by Gasteiger charge is 2.21. The molecule has 9 nitrogen and oxygen atoms in total. The smallest absolute Gasteiger partial charge is 0.337 e. The zero-order valence-electron chi connectivity index (χ0n) is 17.8. The summed E-state index contributed by atoms with van der Waals surface area (Å²) < 4.78 is 33.1. The average Bonchev–Trinajstić information content (AvgIpc) is 2.79. The van der Waals surface area contributed by atoms with Crippen LogP contribution < -0.4 is 10.0 Å². The van der Waals surface area contributed by atoms with Gasteiger partial charge in [-0.05, 0) is 48.7 Å². The van der Waals surface area contributed by atoms with Gasteiger partial charge in [0.15, 0.2) is 0 Å². The lowest BCUT2D eigenvalue weighted by atomic mass is 10.1. The van der Waals surface area contributed by atoms with E-state index in [1.165, 1.54) is 30.3 Å². The number of carboxylic acid groups (broad SMARTS) is 1. The minimum atomic E-state index is -3.98. The van der Waals surface area contributed by atoms with Gasteiger partial charge in [-0.3, -0.25) is 4.72 Å². The Balaban J connectivity index is 1.76. The molecular weight excluding hydrogens is 434 g/mol. The lowest BCUT2D eigenvalue weighted by molar-refractivity contribution is 0.0564. The van der Waals surface area contributed by atoms with Gasteiger partial charge >= 0.3 is 12.0 Å². The van der Waals surface area contributed by atoms with Crippen LogP contribution in [0.1, 0.15) is 35.7 Å². The number of nitrogens with zero attached hydrogens (tertiary/aromatic N) is 1. The average molecular weight is 462 g/mol. The summed E-state index contributed by atoms with van der Waals surface area (Å²) in [5.41, 5.74) is 0.935. The van der Waals surface area contributed by atoms with Crippen LogP contribution in [0, 0.1) is 0 Å². The molecule has 10 heteroatoms. The van der Waals surface area contributed by atoms with Gasteiger partial charge in [-0.25, -0.2) is 18.0 Å². The van der Waals surface area contributed by atoms with E-state index >= 15 is 0 Å². The standard InChI is InChI=1S/C22H27N3O6S/c1-2-3-4-16-5-8-18(9-6-16)32(29,30)24-20-10-7-17(15-19(20)21(26)27)23-22(28)25-11-13-31-14-12-25/h5-10,15,24H,2-4,11-14H2,1H3,(H,23,28)(H,26,27). The number of rotatable bonds is 8. The molecule has 3 N–H and O–H groups in total. The molecule has 0 spiro atoms. The summed E-state index contributed by atoms with van der Waals surface area (Å²) in [7, 11) is -3.98. The maximum atomic E-state index is 12.8. The lowest BCUT2D eigenvalue weighted by Crippen LogP contribution is -2.43. The fourth-order valence-corrected chi connectivity index (χ4v) is 4.36. The summed E-state index contributed by atoms with van der Waals surface area (Å²) in [6.45, 7) is 3.84. The third-order valence-corrected chi connectivity index (χ3v) is 6.48. The molecule has 0 saturated carbocycles. The molecule has 2 aromatic rings. The van der Waals surface area contributed by atoms with Gasteiger partial charge in [-0.1, -0.05) is 25.5 Å². The summed E-state index contributed by atoms with van der Waals surface area (Å²) in [6, 6.07) is 10.2. The number of urea groups is 1. The van der Waals surface area contributed by atoms with Crippen LogP contribution in [0.25, 0.3) is 0 Å². The number of aryl methyl sites for hydroxylation is 1. The number of benzene rings is 2. The molecule has 1 aliphatic heterocycles. The van der Waals surface area contributed by atoms with Crippen molar-refractivity contribution in [3.63, 3.8) is 0 Å². The third-order valence-electron chi connectivity index (χ3n) is 5.10. The number of carbonyl (C=O) groups excluding carboxylic acids is 1. The number of aromatic carboxylic acids is 1. The quantitative estimate of drug-likeness (QED) is 0.553. The topological polar surface area (TPSA) is 125 Å². The second-order valence-corrected chi connectivity index (χ2v) is 9.13. The highest BCUT2D eigenvalue weighted by molar-refractivity contribution is 7.92. The molecule has 0 aliphatic carbocycles. The summed E-state index contributed by atoms with van der Waals surface area (Å²) >= 11 is 0. The Labute approximate surface area is 187 Å². The molecule has 1 fully saturated rings. The number of carboxylic acids is 1. The first kappa shape index (κ1) is 23.6. The molecule has 3 rings (SSSR count). The Morgan fingerprint density at radius 3 is 2.41 bits per heavy atom. The van der Waals surface area contributed by atoms with Gasteiger partial charge in [-0.15, -0.1) is 0 Å². The van der Waals surface area contributed by atoms with Crippen LogP contribution >= 0.6 is 0 Å². The number of carbonyl (C=O) groups is 2. The molecule has 1 heterocycles. The van der Waals surface area contributed by atoms with Gasteiger partial charge in [0.2, 0.25) is 0 Å². The normalized spacial score (nSPS) is 14.1. The van der Waals surface area contributed by atoms with Crippen LogP contribution in [-0.4, -0.2) is 56.7 Å². The van der Waals surface area contributed by atoms with Crippen LogP contribution in [-0.2, 0) is 21.2 Å². The second kappa shape index (κ2) is 10.5. The SMILES string of the molecule is CCCCc1ccc(S(=O)(=O)Nc2ccc(NC(=O)N3CCOCC3)cc2C(=O)O)cc1. The number of hydrogen-bond acceptors (Lipinski definition) is 5. The minimum Gasteiger partial charge on any atom is -0.478 e. The van der Waals surface area contributed by atoms with Crippen molar-refractivity contribution in [3.05, 3.63) is 53.6 Å². The van der Waals surface area contributed by atoms with E-state index in [2.05, 4.69) is 17.0 Å². The van der Waals surface area contributed by atoms with Gasteiger partial charge in [0.05, 0.1) is 29.4 Å². The molecule has 0 aromatic heterocycles. The predicted molar refractivity (Wildman–Crippen MR) is 121 cm³/mol. The van der Waals surface area contributed by atoms with Gasteiger partial charge < -0.3 is 20.1 Å². The van der Waals surface area contributed by atoms with Gasteiger partial charge in [0.1, 0.15) is 0 Å². The monoisotopic (exact) mass is 461 g/mol. The first-order valence-corrected chi connectivity index (χ1v) is 11.9. The lowest BCUT2D eigenvalue weighted by Gasteiger charge is -2.27. The number of amides is 2. The van der Waals surface area contributed by atoms with E-state index in [1.807, 2.05) is 0 Å². The van der Waals surface area contributed by atoms with E-state index < -0.39 is 16.0 Å². The van der Waals surface area contributed by atoms with Crippen molar-refractivity contribution in [3.8, 4) is 0 Å². The molecule has 0 unspecified atom stereocenters. The van der Waals surface area contributed by atoms with Gasteiger partial charge in [-0.2, -0.15) is 0 Å². The van der Waals surface area contributed by atoms with E-state index in [0.29, 0.717) is 26.3 Å². The number of anilines is 2. The number of nitrogens with one attached hydrogen (secondary N) is 2. The Morgan fingerprint density at radius 1 is 1.09 bits per heavy atom. The molecule has 2 amide bonds. The van der Waals surface area contributed by atoms with Crippen LogP contribution in [0.2, 0.25) is 0 Å². The molecule has 32 heavy (non-hydrogen) atoms. The number of sulfonamides is 1. The molecule has 172 valence electrons. The maximum Gasteiger partial charge on any atom is 0.337 e. The van der Waals surface area contributed by atoms with Gasteiger partial charge in [0, 0.05) is 18.8 Å². The predicted octanol–water partition coefficient (Wildman–Crippen LogP) is 3.39. The largest absolute Gasteiger partial charge is 0.478 e. The molecule has 2 aromatic carbocycles. The van der Waals surface area contributed by atoms with E-state index in [0.717, 1.165) is 24.8 Å². The number of ether oxygens (including phenoxy) is 1. The van der Waals surface area contributed by atoms with Crippen molar-refractivity contribution in [1.82, 2.24) is 4.90 Å². The highest BCUT2D eigenvalue weighted by Crippen LogP contribution is 2.24. The fourth-order valence-electron chi connectivity index (χ4n) is 3.28. The second-order valence-electron chi connectivity index (χ2n) is 7.45. The first-order chi connectivity index (χ1) is 15.3. The van der Waals surface area contributed by atoms with Crippen LogP contribution in [0.3, 0.4) is 0 Å². The zero-order valence-corrected chi connectivity index (χ0v) is 18.7. The first-order valence-electron chi connectivity index (χ1n) is 10.4. The van der Waals surface area contributed by atoms with Crippen molar-refractivity contribution in [2.24, 2.45) is 0 Å². The Hall–Kier alpha value is -3.11. The van der Waals surface area contributed by atoms with E-state index in [4.69, 9.17) is 4.74 Å². The summed E-state index contributed by atoms with van der Waals surface area (Å²) in [6.07, 6.45) is 2.92. The third kappa shape index (κ3) is 5.98. The zero-order chi connectivity index (χ0) is 23.1. The number of hydrogen-bond donors (Lipinski definition) is 3. The Kier molecular flexibility index (Phi) is 7.70. The molecule has 0 radical (unpaired) electrons. The molecular formula is C22H27N3O6S. The molecule has 1 aliphatic rings. The fraction of sp³-hybridized carbons (Fsp3) is 0.364. The van der Waals surface area contributed by atoms with Crippen molar-refractivity contribution in [2.75, 3.05) is 36.3 Å². The van der Waals surface area contributed by atoms with Crippen LogP contribution in [0.15, 0.2) is 47.4 Å². The van der Waals surface area contributed by atoms with Crippen molar-refractivity contribution in [2.45, 2.75) is 31.1 Å². The van der Waals surface area contributed by atoms with Gasteiger partial charge in [0.25, 0.3) is 10.0 Å².